The van der Waals surface area contributed by atoms with Gasteiger partial charge in [-0.3, -0.25) is 4.79 Å². The summed E-state index contributed by atoms with van der Waals surface area (Å²) in [5.41, 5.74) is 3.60. The second-order valence-electron chi connectivity index (χ2n) is 5.43. The van der Waals surface area contributed by atoms with Gasteiger partial charge in [0.15, 0.2) is 6.29 Å². The topological polar surface area (TPSA) is 55.4 Å². The third kappa shape index (κ3) is 5.72. The number of carbonyl (C=O) groups is 2. The third-order valence-corrected chi connectivity index (χ3v) is 3.46. The van der Waals surface area contributed by atoms with Crippen LogP contribution in [0.4, 0.5) is 4.79 Å². The number of benzene rings is 2. The summed E-state index contributed by atoms with van der Waals surface area (Å²) in [5, 5.41) is 2.70. The van der Waals surface area contributed by atoms with E-state index in [1.807, 2.05) is 61.5 Å². The highest BCUT2D eigenvalue weighted by Gasteiger charge is 2.01. The lowest BCUT2D eigenvalue weighted by atomic mass is 10.0. The summed E-state index contributed by atoms with van der Waals surface area (Å²) in [6.07, 6.45) is 4.90. The van der Waals surface area contributed by atoms with Crippen LogP contribution in [0, 0.1) is 6.92 Å². The van der Waals surface area contributed by atoms with E-state index in [-0.39, 0.29) is 6.61 Å². The van der Waals surface area contributed by atoms with Crippen LogP contribution in [0.3, 0.4) is 0 Å². The highest BCUT2D eigenvalue weighted by Crippen LogP contribution is 2.12. The fourth-order valence-electron chi connectivity index (χ4n) is 2.19. The molecule has 2 rings (SSSR count). The molecule has 1 N–H and O–H groups in total. The van der Waals surface area contributed by atoms with E-state index in [4.69, 9.17) is 4.74 Å². The molecule has 0 aliphatic carbocycles. The Labute approximate surface area is 142 Å². The monoisotopic (exact) mass is 323 g/mol. The van der Waals surface area contributed by atoms with Crippen molar-refractivity contribution in [1.82, 2.24) is 5.32 Å². The average molecular weight is 323 g/mol. The van der Waals surface area contributed by atoms with Crippen LogP contribution < -0.4 is 5.32 Å². The van der Waals surface area contributed by atoms with E-state index < -0.39 is 6.09 Å². The van der Waals surface area contributed by atoms with Crippen LogP contribution in [-0.4, -0.2) is 18.9 Å². The number of nitrogens with one attached hydrogen (secondary N) is 1. The van der Waals surface area contributed by atoms with E-state index in [0.29, 0.717) is 18.5 Å². The van der Waals surface area contributed by atoms with Crippen molar-refractivity contribution in [1.29, 1.82) is 0 Å². The summed E-state index contributed by atoms with van der Waals surface area (Å²) in [4.78, 5) is 22.6. The van der Waals surface area contributed by atoms with E-state index in [0.717, 1.165) is 23.0 Å². The van der Waals surface area contributed by atoms with Gasteiger partial charge >= 0.3 is 6.09 Å². The van der Waals surface area contributed by atoms with Gasteiger partial charge in [0, 0.05) is 12.1 Å². The first-order valence-electron chi connectivity index (χ1n) is 7.86. The first kappa shape index (κ1) is 17.5. The first-order valence-corrected chi connectivity index (χ1v) is 7.86. The van der Waals surface area contributed by atoms with Crippen molar-refractivity contribution in [3.8, 4) is 0 Å². The van der Waals surface area contributed by atoms with Gasteiger partial charge in [0.2, 0.25) is 0 Å². The molecule has 124 valence electrons. The van der Waals surface area contributed by atoms with Crippen LogP contribution in [0.15, 0.2) is 54.6 Å². The van der Waals surface area contributed by atoms with Crippen molar-refractivity contribution in [2.75, 3.05) is 6.54 Å². The Bertz CT molecular complexity index is 708. The molecule has 0 spiro atoms. The Kier molecular flexibility index (Phi) is 6.77. The quantitative estimate of drug-likeness (QED) is 0.615. The minimum absolute atomic E-state index is 0.258. The Balaban J connectivity index is 1.71. The Morgan fingerprint density at radius 3 is 2.67 bits per heavy atom. The Morgan fingerprint density at radius 2 is 1.92 bits per heavy atom. The molecule has 0 radical (unpaired) electrons. The van der Waals surface area contributed by atoms with Gasteiger partial charge in [-0.1, -0.05) is 66.2 Å². The predicted octanol–water partition coefficient (Wildman–Crippen LogP) is 4.14. The van der Waals surface area contributed by atoms with Gasteiger partial charge in [-0.05, 0) is 24.5 Å². The van der Waals surface area contributed by atoms with E-state index >= 15 is 0 Å². The molecule has 0 bridgehead atoms. The van der Waals surface area contributed by atoms with Crippen molar-refractivity contribution in [3.05, 3.63) is 76.9 Å². The van der Waals surface area contributed by atoms with Gasteiger partial charge in [-0.2, -0.15) is 0 Å². The number of aryl methyl sites for hydroxylation is 1. The molecule has 0 heterocycles. The molecule has 0 fully saturated rings. The van der Waals surface area contributed by atoms with E-state index in [2.05, 4.69) is 5.32 Å². The standard InChI is InChI=1S/C20H21NO3/c1-16-10-11-19(14-22)18(13-16)9-5-6-12-21-20(23)24-15-17-7-3-2-4-8-17/h2-5,7-11,13-14H,6,12,15H2,1H3,(H,21,23). The lowest BCUT2D eigenvalue weighted by Gasteiger charge is -2.06. The lowest BCUT2D eigenvalue weighted by Crippen LogP contribution is -2.24. The molecule has 0 aromatic heterocycles. The van der Waals surface area contributed by atoms with Crippen LogP contribution >= 0.6 is 0 Å². The number of carbonyl (C=O) groups excluding carboxylic acids is 2. The molecule has 4 nitrogen and oxygen atoms in total. The van der Waals surface area contributed by atoms with E-state index in [9.17, 15) is 9.59 Å². The molecule has 2 aromatic rings. The summed E-state index contributed by atoms with van der Waals surface area (Å²) in [6, 6.07) is 15.2. The zero-order chi connectivity index (χ0) is 17.2. The zero-order valence-corrected chi connectivity index (χ0v) is 13.7. The van der Waals surface area contributed by atoms with Crippen molar-refractivity contribution in [2.24, 2.45) is 0 Å². The molecular weight excluding hydrogens is 302 g/mol. The maximum atomic E-state index is 11.6. The van der Waals surface area contributed by atoms with Crippen LogP contribution in [0.2, 0.25) is 0 Å². The number of alkyl carbamates (subject to hydrolysis) is 1. The molecule has 0 atom stereocenters. The molecule has 4 heteroatoms. The second-order valence-corrected chi connectivity index (χ2v) is 5.43. The fourth-order valence-corrected chi connectivity index (χ4v) is 2.19. The molecule has 0 aliphatic rings. The third-order valence-electron chi connectivity index (χ3n) is 3.46. The van der Waals surface area contributed by atoms with Crippen molar-refractivity contribution in [3.63, 3.8) is 0 Å². The second kappa shape index (κ2) is 9.30. The molecule has 0 aliphatic heterocycles. The maximum Gasteiger partial charge on any atom is 0.407 e. The Hall–Kier alpha value is -2.88. The summed E-state index contributed by atoms with van der Waals surface area (Å²) in [7, 11) is 0. The van der Waals surface area contributed by atoms with Crippen molar-refractivity contribution >= 4 is 18.5 Å². The predicted molar refractivity (Wildman–Crippen MR) is 94.8 cm³/mol. The van der Waals surface area contributed by atoms with E-state index in [1.54, 1.807) is 6.07 Å². The molecule has 0 saturated heterocycles. The largest absolute Gasteiger partial charge is 0.445 e. The van der Waals surface area contributed by atoms with Gasteiger partial charge in [-0.15, -0.1) is 0 Å². The summed E-state index contributed by atoms with van der Waals surface area (Å²) < 4.78 is 5.12. The smallest absolute Gasteiger partial charge is 0.407 e. The number of hydrogen-bond acceptors (Lipinski definition) is 3. The number of hydrogen-bond donors (Lipinski definition) is 1. The molecule has 0 saturated carbocycles. The maximum absolute atomic E-state index is 11.6. The first-order chi connectivity index (χ1) is 11.7. The van der Waals surface area contributed by atoms with Crippen molar-refractivity contribution < 1.29 is 14.3 Å². The highest BCUT2D eigenvalue weighted by molar-refractivity contribution is 5.82. The number of rotatable bonds is 7. The van der Waals surface area contributed by atoms with Crippen LogP contribution in [0.1, 0.15) is 33.5 Å². The van der Waals surface area contributed by atoms with Gasteiger partial charge in [0.05, 0.1) is 0 Å². The summed E-state index contributed by atoms with van der Waals surface area (Å²) >= 11 is 0. The lowest BCUT2D eigenvalue weighted by molar-refractivity contribution is 0.112. The van der Waals surface area contributed by atoms with Gasteiger partial charge in [0.1, 0.15) is 6.61 Å². The number of ether oxygens (including phenoxy) is 1. The fraction of sp³-hybridized carbons (Fsp3) is 0.200. The highest BCUT2D eigenvalue weighted by atomic mass is 16.5. The normalized spacial score (nSPS) is 10.5. The Morgan fingerprint density at radius 1 is 1.12 bits per heavy atom. The van der Waals surface area contributed by atoms with Crippen LogP contribution in [-0.2, 0) is 11.3 Å². The SMILES string of the molecule is Cc1ccc(C=O)c(C=CCCNC(=O)OCc2ccccc2)c1. The van der Waals surface area contributed by atoms with Gasteiger partial charge in [0.25, 0.3) is 0 Å². The van der Waals surface area contributed by atoms with Gasteiger partial charge in [-0.25, -0.2) is 4.79 Å². The average Bonchev–Trinajstić information content (AvgIpc) is 2.61. The van der Waals surface area contributed by atoms with Crippen LogP contribution in [0.5, 0.6) is 0 Å². The number of aldehydes is 1. The molecule has 0 unspecified atom stereocenters. The van der Waals surface area contributed by atoms with Gasteiger partial charge < -0.3 is 10.1 Å². The number of amides is 1. The summed E-state index contributed by atoms with van der Waals surface area (Å²) in [6.45, 7) is 2.72. The minimum atomic E-state index is -0.434. The molecule has 1 amide bonds. The van der Waals surface area contributed by atoms with Crippen molar-refractivity contribution in [2.45, 2.75) is 20.0 Å². The molecular formula is C20H21NO3. The van der Waals surface area contributed by atoms with Crippen LogP contribution in [0.25, 0.3) is 6.08 Å². The minimum Gasteiger partial charge on any atom is -0.445 e. The van der Waals surface area contributed by atoms with E-state index in [1.165, 1.54) is 0 Å². The molecule has 2 aromatic carbocycles. The zero-order valence-electron chi connectivity index (χ0n) is 13.7. The molecule has 24 heavy (non-hydrogen) atoms. The summed E-state index contributed by atoms with van der Waals surface area (Å²) in [5.74, 6) is 0.